The number of anilines is 1. The van der Waals surface area contributed by atoms with Crippen molar-refractivity contribution in [2.24, 2.45) is 0 Å². The molecule has 0 fully saturated rings. The minimum absolute atomic E-state index is 0.250. The van der Waals surface area contributed by atoms with Crippen LogP contribution in [-0.4, -0.2) is 31.3 Å². The monoisotopic (exact) mass is 222 g/mol. The molecular weight excluding hydrogens is 204 g/mol. The number of carbonyl (C=O) groups is 1. The van der Waals surface area contributed by atoms with Crippen LogP contribution in [0.1, 0.15) is 23.7 Å². The predicted molar refractivity (Wildman–Crippen MR) is 64.5 cm³/mol. The van der Waals surface area contributed by atoms with Gasteiger partial charge in [-0.05, 0) is 30.7 Å². The van der Waals surface area contributed by atoms with Crippen molar-refractivity contribution >= 4 is 11.6 Å². The summed E-state index contributed by atoms with van der Waals surface area (Å²) in [7, 11) is 3.88. The molecule has 1 atom stereocenters. The fourth-order valence-electron chi connectivity index (χ4n) is 1.25. The second kappa shape index (κ2) is 5.51. The first-order chi connectivity index (χ1) is 7.54. The van der Waals surface area contributed by atoms with E-state index in [2.05, 4.69) is 5.32 Å². The number of aliphatic hydroxyl groups excluding tert-OH is 1. The molecule has 0 saturated heterocycles. The summed E-state index contributed by atoms with van der Waals surface area (Å²) < 4.78 is 0. The molecule has 0 spiro atoms. The standard InChI is InChI=1S/C12H18N2O2/c1-4-11(15)13-12(16)9-5-7-10(8-6-9)14(2)3/h5-8,11,15H,4H2,1-3H3,(H,13,16). The van der Waals surface area contributed by atoms with Crippen molar-refractivity contribution in [3.05, 3.63) is 29.8 Å². The summed E-state index contributed by atoms with van der Waals surface area (Å²) in [4.78, 5) is 13.6. The summed E-state index contributed by atoms with van der Waals surface area (Å²) in [5, 5.41) is 11.8. The Morgan fingerprint density at radius 2 is 1.94 bits per heavy atom. The molecule has 88 valence electrons. The fraction of sp³-hybridized carbons (Fsp3) is 0.417. The lowest BCUT2D eigenvalue weighted by atomic mass is 10.2. The molecule has 0 aliphatic carbocycles. The smallest absolute Gasteiger partial charge is 0.253 e. The number of nitrogens with one attached hydrogen (secondary N) is 1. The number of amides is 1. The van der Waals surface area contributed by atoms with E-state index < -0.39 is 6.23 Å². The largest absolute Gasteiger partial charge is 0.378 e. The van der Waals surface area contributed by atoms with Crippen LogP contribution in [0.3, 0.4) is 0 Å². The average molecular weight is 222 g/mol. The third kappa shape index (κ3) is 3.24. The lowest BCUT2D eigenvalue weighted by Crippen LogP contribution is -2.33. The van der Waals surface area contributed by atoms with Gasteiger partial charge in [0.25, 0.3) is 5.91 Å². The zero-order chi connectivity index (χ0) is 12.1. The van der Waals surface area contributed by atoms with Crippen LogP contribution in [0.15, 0.2) is 24.3 Å². The Morgan fingerprint density at radius 1 is 1.38 bits per heavy atom. The summed E-state index contributed by atoms with van der Waals surface area (Å²) in [6.07, 6.45) is -0.275. The number of hydrogen-bond acceptors (Lipinski definition) is 3. The zero-order valence-electron chi connectivity index (χ0n) is 9.90. The van der Waals surface area contributed by atoms with Gasteiger partial charge in [0.2, 0.25) is 0 Å². The number of benzene rings is 1. The van der Waals surface area contributed by atoms with Crippen molar-refractivity contribution in [2.45, 2.75) is 19.6 Å². The minimum atomic E-state index is -0.777. The Bertz CT molecular complexity index is 347. The van der Waals surface area contributed by atoms with Crippen molar-refractivity contribution in [1.29, 1.82) is 0 Å². The molecule has 4 nitrogen and oxygen atoms in total. The molecule has 16 heavy (non-hydrogen) atoms. The van der Waals surface area contributed by atoms with E-state index in [0.29, 0.717) is 12.0 Å². The van der Waals surface area contributed by atoms with Gasteiger partial charge in [0, 0.05) is 25.3 Å². The number of rotatable bonds is 4. The minimum Gasteiger partial charge on any atom is -0.378 e. The van der Waals surface area contributed by atoms with Gasteiger partial charge >= 0.3 is 0 Å². The maximum atomic E-state index is 11.6. The van der Waals surface area contributed by atoms with Gasteiger partial charge in [-0.1, -0.05) is 6.92 Å². The van der Waals surface area contributed by atoms with E-state index in [9.17, 15) is 9.90 Å². The summed E-state index contributed by atoms with van der Waals surface area (Å²) in [6.45, 7) is 1.81. The SMILES string of the molecule is CCC(O)NC(=O)c1ccc(N(C)C)cc1. The van der Waals surface area contributed by atoms with E-state index in [-0.39, 0.29) is 5.91 Å². The second-order valence-corrected chi connectivity index (χ2v) is 3.84. The molecular formula is C12H18N2O2. The van der Waals surface area contributed by atoms with Gasteiger partial charge < -0.3 is 15.3 Å². The predicted octanol–water partition coefficient (Wildman–Crippen LogP) is 1.21. The maximum absolute atomic E-state index is 11.6. The summed E-state index contributed by atoms with van der Waals surface area (Å²) in [6, 6.07) is 7.22. The molecule has 0 radical (unpaired) electrons. The quantitative estimate of drug-likeness (QED) is 0.753. The highest BCUT2D eigenvalue weighted by Crippen LogP contribution is 2.12. The zero-order valence-corrected chi connectivity index (χ0v) is 9.90. The summed E-state index contributed by atoms with van der Waals surface area (Å²) in [5.41, 5.74) is 1.59. The molecule has 0 saturated carbocycles. The molecule has 0 aromatic heterocycles. The van der Waals surface area contributed by atoms with Crippen LogP contribution in [0, 0.1) is 0 Å². The third-order valence-corrected chi connectivity index (χ3v) is 2.33. The van der Waals surface area contributed by atoms with Crippen molar-refractivity contribution < 1.29 is 9.90 Å². The van der Waals surface area contributed by atoms with Gasteiger partial charge in [-0.2, -0.15) is 0 Å². The van der Waals surface area contributed by atoms with Crippen LogP contribution in [0.2, 0.25) is 0 Å². The first-order valence-corrected chi connectivity index (χ1v) is 5.31. The molecule has 4 heteroatoms. The third-order valence-electron chi connectivity index (χ3n) is 2.33. The maximum Gasteiger partial charge on any atom is 0.253 e. The normalized spacial score (nSPS) is 12.0. The topological polar surface area (TPSA) is 52.6 Å². The molecule has 0 heterocycles. The van der Waals surface area contributed by atoms with Crippen molar-refractivity contribution in [3.8, 4) is 0 Å². The molecule has 0 bridgehead atoms. The van der Waals surface area contributed by atoms with Crippen molar-refractivity contribution in [3.63, 3.8) is 0 Å². The van der Waals surface area contributed by atoms with Gasteiger partial charge in [0.1, 0.15) is 6.23 Å². The summed E-state index contributed by atoms with van der Waals surface area (Å²) in [5.74, 6) is -0.250. The number of carbonyl (C=O) groups excluding carboxylic acids is 1. The highest BCUT2D eigenvalue weighted by atomic mass is 16.3. The average Bonchev–Trinajstić information content (AvgIpc) is 2.28. The molecule has 2 N–H and O–H groups in total. The van der Waals surface area contributed by atoms with Crippen molar-refractivity contribution in [1.82, 2.24) is 5.32 Å². The van der Waals surface area contributed by atoms with Gasteiger partial charge in [0.05, 0.1) is 0 Å². The highest BCUT2D eigenvalue weighted by Gasteiger charge is 2.09. The lowest BCUT2D eigenvalue weighted by Gasteiger charge is -2.13. The van der Waals surface area contributed by atoms with E-state index in [4.69, 9.17) is 0 Å². The molecule has 1 aromatic carbocycles. The van der Waals surface area contributed by atoms with Gasteiger partial charge in [0.15, 0.2) is 0 Å². The summed E-state index contributed by atoms with van der Waals surface area (Å²) >= 11 is 0. The Balaban J connectivity index is 2.70. The van der Waals surface area contributed by atoms with E-state index in [1.807, 2.05) is 31.1 Å². The molecule has 0 aliphatic rings. The van der Waals surface area contributed by atoms with Crippen LogP contribution < -0.4 is 10.2 Å². The number of hydrogen-bond donors (Lipinski definition) is 2. The Morgan fingerprint density at radius 3 is 2.38 bits per heavy atom. The molecule has 1 amide bonds. The van der Waals surface area contributed by atoms with Gasteiger partial charge in [-0.3, -0.25) is 4.79 Å². The first kappa shape index (κ1) is 12.5. The Kier molecular flexibility index (Phi) is 4.31. The van der Waals surface area contributed by atoms with E-state index in [0.717, 1.165) is 5.69 Å². The Labute approximate surface area is 95.9 Å². The van der Waals surface area contributed by atoms with Crippen molar-refractivity contribution in [2.75, 3.05) is 19.0 Å². The molecule has 1 unspecified atom stereocenters. The van der Waals surface area contributed by atoms with Gasteiger partial charge in [-0.25, -0.2) is 0 Å². The van der Waals surface area contributed by atoms with E-state index in [1.54, 1.807) is 19.1 Å². The van der Waals surface area contributed by atoms with Crippen LogP contribution in [0.5, 0.6) is 0 Å². The number of aliphatic hydroxyl groups is 1. The van der Waals surface area contributed by atoms with Crippen LogP contribution in [0.4, 0.5) is 5.69 Å². The van der Waals surface area contributed by atoms with Crippen LogP contribution >= 0.6 is 0 Å². The second-order valence-electron chi connectivity index (χ2n) is 3.84. The molecule has 0 aliphatic heterocycles. The number of nitrogens with zero attached hydrogens (tertiary/aromatic N) is 1. The van der Waals surface area contributed by atoms with Crippen LogP contribution in [-0.2, 0) is 0 Å². The van der Waals surface area contributed by atoms with Crippen LogP contribution in [0.25, 0.3) is 0 Å². The van der Waals surface area contributed by atoms with E-state index in [1.165, 1.54) is 0 Å². The molecule has 1 aromatic rings. The Hall–Kier alpha value is -1.55. The molecule has 1 rings (SSSR count). The highest BCUT2D eigenvalue weighted by molar-refractivity contribution is 5.94. The lowest BCUT2D eigenvalue weighted by molar-refractivity contribution is 0.0776. The fourth-order valence-corrected chi connectivity index (χ4v) is 1.25. The first-order valence-electron chi connectivity index (χ1n) is 5.31. The van der Waals surface area contributed by atoms with E-state index >= 15 is 0 Å². The van der Waals surface area contributed by atoms with Gasteiger partial charge in [-0.15, -0.1) is 0 Å².